The maximum absolute atomic E-state index is 10.7. The van der Waals surface area contributed by atoms with Crippen LogP contribution >= 0.6 is 0 Å². The molecule has 0 saturated heterocycles. The molecule has 0 aliphatic carbocycles. The van der Waals surface area contributed by atoms with Gasteiger partial charge in [0.25, 0.3) is 0 Å². The summed E-state index contributed by atoms with van der Waals surface area (Å²) < 4.78 is 11.1. The van der Waals surface area contributed by atoms with Crippen molar-refractivity contribution in [3.8, 4) is 23.0 Å². The second-order valence-electron chi connectivity index (χ2n) is 8.48. The number of rotatable bonds is 6. The van der Waals surface area contributed by atoms with Crippen molar-refractivity contribution in [2.75, 3.05) is 7.11 Å². The fourth-order valence-electron chi connectivity index (χ4n) is 3.55. The molecule has 160 valence electrons. The van der Waals surface area contributed by atoms with Crippen molar-refractivity contribution < 1.29 is 24.8 Å². The molecule has 1 aliphatic rings. The molecule has 0 saturated carbocycles. The molecular formula is C25H30O5. The van der Waals surface area contributed by atoms with E-state index >= 15 is 0 Å². The first-order valence-electron chi connectivity index (χ1n) is 10.1. The van der Waals surface area contributed by atoms with Crippen LogP contribution in [0.25, 0.3) is 12.2 Å². The van der Waals surface area contributed by atoms with E-state index in [9.17, 15) is 15.3 Å². The highest BCUT2D eigenvalue weighted by Gasteiger charge is 2.36. The predicted molar refractivity (Wildman–Crippen MR) is 119 cm³/mol. The highest BCUT2D eigenvalue weighted by molar-refractivity contribution is 5.77. The standard InChI is InChI=1S/C25H30O5/c1-15(2)6-9-18-17(10-7-16-8-11-22(29-5)21(27)12-16)19-13-24(25(3,4)28)30-23(19)14-20(18)26/h6-8,10-12,14,24,26-28H,9,13H2,1-5H3/b10-7-. The molecule has 1 atom stereocenters. The molecular weight excluding hydrogens is 380 g/mol. The number of aromatic hydroxyl groups is 2. The van der Waals surface area contributed by atoms with Crippen LogP contribution in [0, 0.1) is 0 Å². The number of methoxy groups -OCH3 is 1. The summed E-state index contributed by atoms with van der Waals surface area (Å²) in [5, 5.41) is 31.2. The minimum absolute atomic E-state index is 0.0657. The van der Waals surface area contributed by atoms with Gasteiger partial charge in [0.05, 0.1) is 12.7 Å². The molecule has 3 rings (SSSR count). The fourth-order valence-corrected chi connectivity index (χ4v) is 3.55. The lowest BCUT2D eigenvalue weighted by Crippen LogP contribution is -2.39. The molecule has 0 amide bonds. The minimum atomic E-state index is -1.00. The second kappa shape index (κ2) is 8.44. The van der Waals surface area contributed by atoms with Crippen molar-refractivity contribution in [1.82, 2.24) is 0 Å². The summed E-state index contributed by atoms with van der Waals surface area (Å²) in [5.74, 6) is 1.24. The Balaban J connectivity index is 2.07. The maximum Gasteiger partial charge on any atom is 0.160 e. The Hall–Kier alpha value is -2.92. The summed E-state index contributed by atoms with van der Waals surface area (Å²) in [6.45, 7) is 7.49. The van der Waals surface area contributed by atoms with Crippen LogP contribution in [0.2, 0.25) is 0 Å². The number of ether oxygens (including phenoxy) is 2. The highest BCUT2D eigenvalue weighted by Crippen LogP contribution is 2.42. The SMILES string of the molecule is COc1ccc(/C=C\c2c(CC=C(C)C)c(O)cc3c2CC(C(C)(C)O)O3)cc1O. The number of fused-ring (bicyclic) bond motifs is 1. The molecule has 3 N–H and O–H groups in total. The van der Waals surface area contributed by atoms with Crippen LogP contribution in [0.4, 0.5) is 0 Å². The molecule has 2 aromatic carbocycles. The van der Waals surface area contributed by atoms with Gasteiger partial charge in [0.2, 0.25) is 0 Å². The Morgan fingerprint density at radius 3 is 2.50 bits per heavy atom. The van der Waals surface area contributed by atoms with E-state index < -0.39 is 5.60 Å². The lowest BCUT2D eigenvalue weighted by molar-refractivity contribution is -0.0230. The molecule has 1 unspecified atom stereocenters. The van der Waals surface area contributed by atoms with Crippen molar-refractivity contribution in [3.05, 3.63) is 58.2 Å². The number of benzene rings is 2. The molecule has 2 aromatic rings. The van der Waals surface area contributed by atoms with Crippen molar-refractivity contribution in [1.29, 1.82) is 0 Å². The van der Waals surface area contributed by atoms with Crippen molar-refractivity contribution in [3.63, 3.8) is 0 Å². The molecule has 1 heterocycles. The van der Waals surface area contributed by atoms with Gasteiger partial charge < -0.3 is 24.8 Å². The maximum atomic E-state index is 10.7. The number of aliphatic hydroxyl groups is 1. The zero-order valence-electron chi connectivity index (χ0n) is 18.2. The average molecular weight is 411 g/mol. The van der Waals surface area contributed by atoms with Gasteiger partial charge in [-0.1, -0.05) is 29.9 Å². The van der Waals surface area contributed by atoms with Crippen molar-refractivity contribution in [2.45, 2.75) is 52.2 Å². The summed E-state index contributed by atoms with van der Waals surface area (Å²) >= 11 is 0. The van der Waals surface area contributed by atoms with Crippen LogP contribution in [0.1, 0.15) is 49.9 Å². The van der Waals surface area contributed by atoms with E-state index in [-0.39, 0.29) is 17.6 Å². The summed E-state index contributed by atoms with van der Waals surface area (Å²) in [6.07, 6.45) is 6.64. The molecule has 0 spiro atoms. The zero-order valence-corrected chi connectivity index (χ0v) is 18.2. The van der Waals surface area contributed by atoms with Crippen LogP contribution < -0.4 is 9.47 Å². The van der Waals surface area contributed by atoms with Gasteiger partial charge in [0.1, 0.15) is 17.6 Å². The summed E-state index contributed by atoms with van der Waals surface area (Å²) in [5.41, 5.74) is 3.61. The van der Waals surface area contributed by atoms with E-state index in [4.69, 9.17) is 9.47 Å². The Bertz CT molecular complexity index is 992. The third-order valence-electron chi connectivity index (χ3n) is 5.33. The summed E-state index contributed by atoms with van der Waals surface area (Å²) in [4.78, 5) is 0. The smallest absolute Gasteiger partial charge is 0.160 e. The average Bonchev–Trinajstić information content (AvgIpc) is 3.09. The minimum Gasteiger partial charge on any atom is -0.507 e. The zero-order chi connectivity index (χ0) is 22.1. The van der Waals surface area contributed by atoms with E-state index in [1.54, 1.807) is 32.0 Å². The van der Waals surface area contributed by atoms with Gasteiger partial charge in [0.15, 0.2) is 11.5 Å². The molecule has 1 aliphatic heterocycles. The molecule has 30 heavy (non-hydrogen) atoms. The van der Waals surface area contributed by atoms with Crippen molar-refractivity contribution in [2.24, 2.45) is 0 Å². The van der Waals surface area contributed by atoms with Crippen LogP contribution in [0.3, 0.4) is 0 Å². The van der Waals surface area contributed by atoms with Gasteiger partial charge in [-0.2, -0.15) is 0 Å². The lowest BCUT2D eigenvalue weighted by Gasteiger charge is -2.24. The van der Waals surface area contributed by atoms with Crippen LogP contribution in [0.15, 0.2) is 35.9 Å². The molecule has 0 aromatic heterocycles. The number of hydrogen-bond acceptors (Lipinski definition) is 5. The van der Waals surface area contributed by atoms with Crippen LogP contribution in [-0.4, -0.2) is 34.1 Å². The summed E-state index contributed by atoms with van der Waals surface area (Å²) in [7, 11) is 1.51. The lowest BCUT2D eigenvalue weighted by atomic mass is 9.90. The third-order valence-corrected chi connectivity index (χ3v) is 5.33. The first-order chi connectivity index (χ1) is 14.1. The monoisotopic (exact) mass is 410 g/mol. The van der Waals surface area contributed by atoms with Gasteiger partial charge in [0, 0.05) is 23.6 Å². The second-order valence-corrected chi connectivity index (χ2v) is 8.48. The van der Waals surface area contributed by atoms with Gasteiger partial charge in [-0.3, -0.25) is 0 Å². The Morgan fingerprint density at radius 1 is 1.17 bits per heavy atom. The van der Waals surface area contributed by atoms with Gasteiger partial charge in [-0.15, -0.1) is 0 Å². The largest absolute Gasteiger partial charge is 0.507 e. The number of allylic oxidation sites excluding steroid dienone is 2. The summed E-state index contributed by atoms with van der Waals surface area (Å²) in [6, 6.07) is 6.83. The van der Waals surface area contributed by atoms with E-state index in [0.717, 1.165) is 27.8 Å². The van der Waals surface area contributed by atoms with Gasteiger partial charge in [-0.05, 0) is 57.4 Å². The highest BCUT2D eigenvalue weighted by atomic mass is 16.5. The third kappa shape index (κ3) is 4.62. The molecule has 0 fully saturated rings. The number of phenolic OH excluding ortho intramolecular Hbond substituents is 2. The predicted octanol–water partition coefficient (Wildman–Crippen LogP) is 4.86. The molecule has 0 radical (unpaired) electrons. The first-order valence-corrected chi connectivity index (χ1v) is 10.1. The Morgan fingerprint density at radius 2 is 1.90 bits per heavy atom. The Kier molecular flexibility index (Phi) is 6.13. The normalized spacial score (nSPS) is 15.7. The number of hydrogen-bond donors (Lipinski definition) is 3. The van der Waals surface area contributed by atoms with Crippen molar-refractivity contribution >= 4 is 12.2 Å². The van der Waals surface area contributed by atoms with E-state index in [2.05, 4.69) is 6.08 Å². The van der Waals surface area contributed by atoms with Crippen LogP contribution in [-0.2, 0) is 12.8 Å². The van der Waals surface area contributed by atoms with Crippen LogP contribution in [0.5, 0.6) is 23.0 Å². The quantitative estimate of drug-likeness (QED) is 0.468. The Labute approximate surface area is 177 Å². The van der Waals surface area contributed by atoms with E-state index in [0.29, 0.717) is 24.3 Å². The first kappa shape index (κ1) is 21.8. The van der Waals surface area contributed by atoms with E-state index in [1.165, 1.54) is 7.11 Å². The fraction of sp³-hybridized carbons (Fsp3) is 0.360. The molecule has 5 heteroatoms. The topological polar surface area (TPSA) is 79.2 Å². The number of phenols is 2. The molecule has 5 nitrogen and oxygen atoms in total. The van der Waals surface area contributed by atoms with E-state index in [1.807, 2.05) is 32.1 Å². The molecule has 0 bridgehead atoms. The van der Waals surface area contributed by atoms with Gasteiger partial charge >= 0.3 is 0 Å². The van der Waals surface area contributed by atoms with Gasteiger partial charge in [-0.25, -0.2) is 0 Å².